The second-order valence-electron chi connectivity index (χ2n) is 5.47. The van der Waals surface area contributed by atoms with E-state index in [-0.39, 0.29) is 10.6 Å². The second kappa shape index (κ2) is 5.57. The number of hydrogen-bond acceptors (Lipinski definition) is 3. The largest absolute Gasteiger partial charge is 0.490 e. The molecule has 1 unspecified atom stereocenters. The van der Waals surface area contributed by atoms with Crippen molar-refractivity contribution in [3.05, 3.63) is 53.4 Å². The Balaban J connectivity index is 2.24. The van der Waals surface area contributed by atoms with Crippen molar-refractivity contribution in [3.8, 4) is 6.07 Å². The molecule has 0 saturated heterocycles. The average Bonchev–Trinajstić information content (AvgIpc) is 2.90. The summed E-state index contributed by atoms with van der Waals surface area (Å²) in [6.07, 6.45) is -6.45. The third-order valence-corrected chi connectivity index (χ3v) is 3.98. The minimum atomic E-state index is -5.04. The van der Waals surface area contributed by atoms with Crippen molar-refractivity contribution in [2.24, 2.45) is 4.99 Å². The SMILES string of the molecule is N#CC1=C2N=CC=C[N+]2(c2ccc(F)c(C(F)(F)F)c2)CN1C(F)(F)F. The summed E-state index contributed by atoms with van der Waals surface area (Å²) in [6, 6.07) is 3.28. The van der Waals surface area contributed by atoms with E-state index in [2.05, 4.69) is 4.99 Å². The van der Waals surface area contributed by atoms with Crippen LogP contribution >= 0.6 is 0 Å². The number of halogens is 7. The molecule has 0 saturated carbocycles. The summed E-state index contributed by atoms with van der Waals surface area (Å²) >= 11 is 0. The predicted molar refractivity (Wildman–Crippen MR) is 76.2 cm³/mol. The van der Waals surface area contributed by atoms with E-state index in [1.807, 2.05) is 0 Å². The van der Waals surface area contributed by atoms with Crippen LogP contribution in [-0.4, -0.2) is 24.1 Å². The van der Waals surface area contributed by atoms with Crippen molar-refractivity contribution in [3.63, 3.8) is 0 Å². The van der Waals surface area contributed by atoms with Gasteiger partial charge in [0.1, 0.15) is 23.8 Å². The van der Waals surface area contributed by atoms with Gasteiger partial charge in [0.05, 0.1) is 5.56 Å². The van der Waals surface area contributed by atoms with Crippen molar-refractivity contribution >= 4 is 11.9 Å². The normalized spacial score (nSPS) is 22.6. The number of hydrogen-bond donors (Lipinski definition) is 0. The molecule has 0 bridgehead atoms. The fourth-order valence-corrected chi connectivity index (χ4v) is 2.84. The number of alkyl halides is 6. The predicted octanol–water partition coefficient (Wildman–Crippen LogP) is 4.24. The van der Waals surface area contributed by atoms with Crippen LogP contribution in [0.15, 0.2) is 47.0 Å². The molecule has 0 aliphatic carbocycles. The minimum Gasteiger partial charge on any atom is -0.218 e. The Labute approximate surface area is 142 Å². The monoisotopic (exact) mass is 377 g/mol. The summed E-state index contributed by atoms with van der Waals surface area (Å²) in [5.41, 5.74) is -2.76. The van der Waals surface area contributed by atoms with Crippen molar-refractivity contribution in [2.45, 2.75) is 12.5 Å². The third kappa shape index (κ3) is 2.62. The topological polar surface area (TPSA) is 39.4 Å². The first-order valence-electron chi connectivity index (χ1n) is 6.97. The first kappa shape index (κ1) is 17.9. The van der Waals surface area contributed by atoms with Crippen LogP contribution in [0, 0.1) is 17.1 Å². The molecule has 0 fully saturated rings. The number of rotatable bonds is 1. The fraction of sp³-hybridized carbons (Fsp3) is 0.200. The van der Waals surface area contributed by atoms with Gasteiger partial charge in [-0.05, 0) is 6.07 Å². The van der Waals surface area contributed by atoms with E-state index in [1.165, 1.54) is 18.3 Å². The molecule has 4 nitrogen and oxygen atoms in total. The van der Waals surface area contributed by atoms with Crippen LogP contribution in [0.1, 0.15) is 5.56 Å². The van der Waals surface area contributed by atoms with Crippen molar-refractivity contribution in [1.29, 1.82) is 5.26 Å². The summed E-state index contributed by atoms with van der Waals surface area (Å²) in [4.78, 5) is 3.57. The maximum absolute atomic E-state index is 13.6. The van der Waals surface area contributed by atoms with Crippen LogP contribution < -0.4 is 4.48 Å². The van der Waals surface area contributed by atoms with E-state index in [4.69, 9.17) is 5.26 Å². The number of aliphatic imine (C=N–C) groups is 1. The van der Waals surface area contributed by atoms with Gasteiger partial charge in [0, 0.05) is 24.4 Å². The zero-order valence-electron chi connectivity index (χ0n) is 12.6. The smallest absolute Gasteiger partial charge is 0.218 e. The molecule has 136 valence electrons. The lowest BCUT2D eigenvalue weighted by Crippen LogP contribution is -2.48. The molecule has 2 aliphatic heterocycles. The number of fused-ring (bicyclic) bond motifs is 1. The molecular formula is C15H8F7N4+. The third-order valence-electron chi connectivity index (χ3n) is 3.98. The van der Waals surface area contributed by atoms with E-state index in [1.54, 1.807) is 0 Å². The summed E-state index contributed by atoms with van der Waals surface area (Å²) < 4.78 is 91.4. The lowest BCUT2D eigenvalue weighted by Gasteiger charge is -2.32. The first-order valence-corrected chi connectivity index (χ1v) is 6.97. The molecule has 0 aromatic heterocycles. The Morgan fingerprint density at radius 2 is 1.85 bits per heavy atom. The maximum Gasteiger partial charge on any atom is 0.490 e. The van der Waals surface area contributed by atoms with Gasteiger partial charge < -0.3 is 0 Å². The lowest BCUT2D eigenvalue weighted by molar-refractivity contribution is -0.231. The Bertz CT molecular complexity index is 889. The summed E-state index contributed by atoms with van der Waals surface area (Å²) in [7, 11) is 0. The van der Waals surface area contributed by atoms with E-state index >= 15 is 0 Å². The van der Waals surface area contributed by atoms with Gasteiger partial charge in [-0.2, -0.15) is 22.9 Å². The summed E-state index contributed by atoms with van der Waals surface area (Å²) in [5.74, 6) is -1.95. The standard InChI is InChI=1S/C15H8F7N4/c16-11-3-2-9(6-10(11)14(17,18)19)26-5-1-4-24-13(26)12(7-23)25(8-26)15(20,21)22/h1-6H,8H2/q+1. The number of quaternary nitrogens is 1. The molecular weight excluding hydrogens is 369 g/mol. The molecule has 11 heteroatoms. The van der Waals surface area contributed by atoms with Crippen LogP contribution in [0.5, 0.6) is 0 Å². The van der Waals surface area contributed by atoms with E-state index in [9.17, 15) is 30.7 Å². The molecule has 0 radical (unpaired) electrons. The molecule has 26 heavy (non-hydrogen) atoms. The number of nitriles is 1. The van der Waals surface area contributed by atoms with Gasteiger partial charge in [0.25, 0.3) is 5.82 Å². The second-order valence-corrected chi connectivity index (χ2v) is 5.47. The Morgan fingerprint density at radius 3 is 2.42 bits per heavy atom. The highest BCUT2D eigenvalue weighted by Gasteiger charge is 2.56. The maximum atomic E-state index is 13.6. The van der Waals surface area contributed by atoms with Crippen LogP contribution in [0.3, 0.4) is 0 Å². The van der Waals surface area contributed by atoms with Crippen LogP contribution in [-0.2, 0) is 6.18 Å². The highest BCUT2D eigenvalue weighted by atomic mass is 19.4. The van der Waals surface area contributed by atoms with Gasteiger partial charge in [-0.3, -0.25) is 0 Å². The van der Waals surface area contributed by atoms with Crippen molar-refractivity contribution < 1.29 is 30.7 Å². The minimum absolute atomic E-state index is 0.202. The first-order chi connectivity index (χ1) is 12.0. The van der Waals surface area contributed by atoms with Gasteiger partial charge >= 0.3 is 12.5 Å². The Kier molecular flexibility index (Phi) is 3.84. The van der Waals surface area contributed by atoms with E-state index in [0.717, 1.165) is 12.3 Å². The molecule has 0 spiro atoms. The van der Waals surface area contributed by atoms with Gasteiger partial charge in [0.2, 0.25) is 5.70 Å². The van der Waals surface area contributed by atoms with Crippen LogP contribution in [0.25, 0.3) is 0 Å². The summed E-state index contributed by atoms with van der Waals surface area (Å²) in [6.45, 7) is -0.932. The van der Waals surface area contributed by atoms with E-state index < -0.39 is 46.5 Å². The van der Waals surface area contributed by atoms with Crippen molar-refractivity contribution in [1.82, 2.24) is 9.38 Å². The molecule has 2 heterocycles. The Hall–Kier alpha value is -2.87. The molecule has 3 rings (SSSR count). The molecule has 2 aliphatic rings. The number of nitrogens with zero attached hydrogens (tertiary/aromatic N) is 4. The molecule has 1 aromatic rings. The van der Waals surface area contributed by atoms with Gasteiger partial charge in [0.15, 0.2) is 6.67 Å². The van der Waals surface area contributed by atoms with E-state index in [0.29, 0.717) is 12.1 Å². The zero-order chi connectivity index (χ0) is 19.3. The molecule has 0 N–H and O–H groups in total. The molecule has 0 amide bonds. The van der Waals surface area contributed by atoms with Gasteiger partial charge in [-0.1, -0.05) is 0 Å². The average molecular weight is 377 g/mol. The quantitative estimate of drug-likeness (QED) is 0.417. The Morgan fingerprint density at radius 1 is 1.15 bits per heavy atom. The fourth-order valence-electron chi connectivity index (χ4n) is 2.84. The highest BCUT2D eigenvalue weighted by molar-refractivity contribution is 5.77. The zero-order valence-corrected chi connectivity index (χ0v) is 12.6. The van der Waals surface area contributed by atoms with Gasteiger partial charge in [-0.25, -0.2) is 14.3 Å². The number of benzene rings is 1. The molecule has 1 atom stereocenters. The van der Waals surface area contributed by atoms with Crippen LogP contribution in [0.4, 0.5) is 36.4 Å². The van der Waals surface area contributed by atoms with Crippen molar-refractivity contribution in [2.75, 3.05) is 6.67 Å². The number of allylic oxidation sites excluding steroid dienone is 2. The summed E-state index contributed by atoms with van der Waals surface area (Å²) in [5, 5.41) is 9.13. The van der Waals surface area contributed by atoms with Gasteiger partial charge in [-0.15, -0.1) is 13.2 Å². The van der Waals surface area contributed by atoms with Crippen LogP contribution in [0.2, 0.25) is 0 Å². The lowest BCUT2D eigenvalue weighted by atomic mass is 10.1. The molecule has 1 aromatic carbocycles. The highest BCUT2D eigenvalue weighted by Crippen LogP contribution is 2.45.